The molecule has 2 aromatic rings. The second-order valence-corrected chi connectivity index (χ2v) is 8.04. The van der Waals surface area contributed by atoms with E-state index in [2.05, 4.69) is 0 Å². The lowest BCUT2D eigenvalue weighted by Gasteiger charge is -2.37. The van der Waals surface area contributed by atoms with Crippen LogP contribution in [0, 0.1) is 12.8 Å². The van der Waals surface area contributed by atoms with Crippen molar-refractivity contribution in [1.29, 1.82) is 0 Å². The Bertz CT molecular complexity index is 943. The minimum absolute atomic E-state index is 0.130. The van der Waals surface area contributed by atoms with Crippen LogP contribution in [-0.2, 0) is 5.72 Å². The summed E-state index contributed by atoms with van der Waals surface area (Å²) in [5.41, 5.74) is -1.77. The molecule has 0 bridgehead atoms. The first-order chi connectivity index (χ1) is 12.7. The van der Waals surface area contributed by atoms with Gasteiger partial charge in [-0.1, -0.05) is 55.8 Å². The molecule has 6 heteroatoms. The highest BCUT2D eigenvalue weighted by atomic mass is 32.1. The van der Waals surface area contributed by atoms with E-state index >= 15 is 0 Å². The molecule has 2 aliphatic rings. The quantitative estimate of drug-likeness (QED) is 0.796. The van der Waals surface area contributed by atoms with Crippen molar-refractivity contribution in [3.63, 3.8) is 0 Å². The molecule has 1 aliphatic carbocycles. The van der Waals surface area contributed by atoms with Gasteiger partial charge in [-0.3, -0.25) is 9.69 Å². The van der Waals surface area contributed by atoms with E-state index in [1.165, 1.54) is 9.80 Å². The Balaban J connectivity index is 1.99. The standard InChI is InChI=1S/C21H22N2O3S/c1-13(2)12-22-19(27)23(15-10-8-14(3)9-11-15)20(25)17-7-5-4-6-16(17)18(24)21(20,22)26/h4-11,13,25-26H,12H2,1-3H3/t20-,21+/m0/s1. The molecule has 5 nitrogen and oxygen atoms in total. The van der Waals surface area contributed by atoms with Gasteiger partial charge < -0.3 is 15.1 Å². The maximum Gasteiger partial charge on any atom is 0.259 e. The Hall–Kier alpha value is -2.28. The van der Waals surface area contributed by atoms with Crippen LogP contribution in [0.4, 0.5) is 5.69 Å². The highest BCUT2D eigenvalue weighted by molar-refractivity contribution is 7.80. The second kappa shape index (κ2) is 5.86. The molecule has 0 aromatic heterocycles. The number of hydrogen-bond acceptors (Lipinski definition) is 4. The number of aryl methyl sites for hydroxylation is 1. The summed E-state index contributed by atoms with van der Waals surface area (Å²) in [5.74, 6) is -0.399. The summed E-state index contributed by atoms with van der Waals surface area (Å²) in [7, 11) is 0. The first-order valence-corrected chi connectivity index (χ1v) is 9.41. The van der Waals surface area contributed by atoms with Crippen LogP contribution in [0.2, 0.25) is 0 Å². The molecule has 2 aromatic carbocycles. The summed E-state index contributed by atoms with van der Waals surface area (Å²) in [4.78, 5) is 16.2. The number of carbonyl (C=O) groups excluding carboxylic acids is 1. The Morgan fingerprint density at radius 2 is 1.67 bits per heavy atom. The third kappa shape index (κ3) is 2.18. The topological polar surface area (TPSA) is 64.0 Å². The van der Waals surface area contributed by atoms with E-state index in [0.717, 1.165) is 5.56 Å². The third-order valence-corrected chi connectivity index (χ3v) is 5.73. The summed E-state index contributed by atoms with van der Waals surface area (Å²) in [5, 5.41) is 23.8. The maximum absolute atomic E-state index is 13.2. The van der Waals surface area contributed by atoms with Gasteiger partial charge in [-0.2, -0.15) is 0 Å². The van der Waals surface area contributed by atoms with Crippen LogP contribution < -0.4 is 4.90 Å². The van der Waals surface area contributed by atoms with Crippen molar-refractivity contribution < 1.29 is 15.0 Å². The third-order valence-electron chi connectivity index (χ3n) is 5.33. The fraction of sp³-hybridized carbons (Fsp3) is 0.333. The van der Waals surface area contributed by atoms with E-state index in [1.807, 2.05) is 45.0 Å². The predicted octanol–water partition coefficient (Wildman–Crippen LogP) is 2.79. The van der Waals surface area contributed by atoms with Crippen LogP contribution in [0.1, 0.15) is 35.3 Å². The fourth-order valence-corrected chi connectivity index (χ4v) is 4.51. The monoisotopic (exact) mass is 382 g/mol. The number of carbonyl (C=O) groups is 1. The van der Waals surface area contributed by atoms with Gasteiger partial charge in [0.15, 0.2) is 5.11 Å². The fourth-order valence-electron chi connectivity index (χ4n) is 4.07. The Labute approximate surface area is 163 Å². The molecule has 0 amide bonds. The molecule has 1 fully saturated rings. The molecule has 0 radical (unpaired) electrons. The number of anilines is 1. The van der Waals surface area contributed by atoms with Crippen molar-refractivity contribution in [3.8, 4) is 0 Å². The molecule has 0 unspecified atom stereocenters. The second-order valence-electron chi connectivity index (χ2n) is 7.68. The van der Waals surface area contributed by atoms with Crippen molar-refractivity contribution in [2.45, 2.75) is 32.2 Å². The molecule has 1 saturated heterocycles. The molecule has 0 saturated carbocycles. The molecule has 140 valence electrons. The maximum atomic E-state index is 13.2. The number of benzene rings is 2. The van der Waals surface area contributed by atoms with Crippen LogP contribution in [0.25, 0.3) is 0 Å². The van der Waals surface area contributed by atoms with E-state index < -0.39 is 17.2 Å². The number of aliphatic hydroxyl groups is 2. The van der Waals surface area contributed by atoms with Gasteiger partial charge in [-0.25, -0.2) is 0 Å². The average Bonchev–Trinajstić information content (AvgIpc) is 2.92. The number of ketones is 1. The first kappa shape index (κ1) is 18.1. The van der Waals surface area contributed by atoms with Crippen LogP contribution in [0.15, 0.2) is 48.5 Å². The Morgan fingerprint density at radius 1 is 1.04 bits per heavy atom. The molecule has 0 spiro atoms. The van der Waals surface area contributed by atoms with Gasteiger partial charge in [0, 0.05) is 23.4 Å². The molecule has 2 atom stereocenters. The summed E-state index contributed by atoms with van der Waals surface area (Å²) in [6.45, 7) is 6.27. The summed E-state index contributed by atoms with van der Waals surface area (Å²) < 4.78 is 0. The Morgan fingerprint density at radius 3 is 2.30 bits per heavy atom. The van der Waals surface area contributed by atoms with Crippen LogP contribution in [0.5, 0.6) is 0 Å². The summed E-state index contributed by atoms with van der Waals surface area (Å²) in [6.07, 6.45) is 0. The lowest BCUT2D eigenvalue weighted by molar-refractivity contribution is -0.155. The number of rotatable bonds is 3. The average molecular weight is 382 g/mol. The minimum atomic E-state index is -2.16. The van der Waals surface area contributed by atoms with Crippen LogP contribution in [-0.4, -0.2) is 38.3 Å². The molecule has 27 heavy (non-hydrogen) atoms. The lowest BCUT2D eigenvalue weighted by Crippen LogP contribution is -2.60. The van der Waals surface area contributed by atoms with Gasteiger partial charge >= 0.3 is 0 Å². The highest BCUT2D eigenvalue weighted by Gasteiger charge is 2.74. The molecule has 1 heterocycles. The van der Waals surface area contributed by atoms with Crippen molar-refractivity contribution >= 4 is 28.8 Å². The number of Topliss-reactive ketones (excluding diaryl/α,β-unsaturated/α-hetero) is 1. The molecule has 2 N–H and O–H groups in total. The van der Waals surface area contributed by atoms with Crippen LogP contribution >= 0.6 is 12.2 Å². The van der Waals surface area contributed by atoms with E-state index in [4.69, 9.17) is 12.2 Å². The number of fused-ring (bicyclic) bond motifs is 3. The van der Waals surface area contributed by atoms with Gasteiger partial charge in [-0.15, -0.1) is 0 Å². The van der Waals surface area contributed by atoms with Crippen LogP contribution in [0.3, 0.4) is 0 Å². The Kier molecular flexibility index (Phi) is 3.93. The predicted molar refractivity (Wildman–Crippen MR) is 107 cm³/mol. The van der Waals surface area contributed by atoms with E-state index in [-0.39, 0.29) is 11.0 Å². The number of hydrogen-bond donors (Lipinski definition) is 2. The summed E-state index contributed by atoms with van der Waals surface area (Å²) in [6, 6.07) is 14.3. The molecule has 1 aliphatic heterocycles. The SMILES string of the molecule is Cc1ccc(N2C(=S)N(CC(C)C)[C@@]3(O)C(=O)c4ccccc4[C@@]23O)cc1. The normalized spacial score (nSPS) is 26.7. The lowest BCUT2D eigenvalue weighted by atomic mass is 9.97. The zero-order chi connectivity index (χ0) is 19.6. The van der Waals surface area contributed by atoms with Crippen molar-refractivity contribution in [2.24, 2.45) is 5.92 Å². The number of thiocarbonyl (C=S) groups is 1. The van der Waals surface area contributed by atoms with Gasteiger partial charge in [0.25, 0.3) is 5.72 Å². The van der Waals surface area contributed by atoms with Crippen molar-refractivity contribution in [1.82, 2.24) is 4.90 Å². The largest absolute Gasteiger partial charge is 0.362 e. The van der Waals surface area contributed by atoms with E-state index in [0.29, 0.717) is 23.4 Å². The number of nitrogens with zero attached hydrogens (tertiary/aromatic N) is 2. The van der Waals surface area contributed by atoms with Gasteiger partial charge in [0.1, 0.15) is 0 Å². The van der Waals surface area contributed by atoms with Gasteiger partial charge in [-0.05, 0) is 37.2 Å². The highest BCUT2D eigenvalue weighted by Crippen LogP contribution is 2.54. The van der Waals surface area contributed by atoms with Gasteiger partial charge in [0.2, 0.25) is 11.5 Å². The molecular weight excluding hydrogens is 360 g/mol. The smallest absolute Gasteiger partial charge is 0.259 e. The zero-order valence-corrected chi connectivity index (χ0v) is 16.3. The van der Waals surface area contributed by atoms with Crippen molar-refractivity contribution in [2.75, 3.05) is 11.4 Å². The van der Waals surface area contributed by atoms with Crippen molar-refractivity contribution in [3.05, 3.63) is 65.2 Å². The first-order valence-electron chi connectivity index (χ1n) is 9.00. The van der Waals surface area contributed by atoms with E-state index in [9.17, 15) is 15.0 Å². The van der Waals surface area contributed by atoms with Gasteiger partial charge in [0.05, 0.1) is 0 Å². The minimum Gasteiger partial charge on any atom is -0.362 e. The molecule has 4 rings (SSSR count). The zero-order valence-electron chi connectivity index (χ0n) is 15.5. The summed E-state index contributed by atoms with van der Waals surface area (Å²) >= 11 is 5.65. The van der Waals surface area contributed by atoms with E-state index in [1.54, 1.807) is 24.3 Å². The molecular formula is C21H22N2O3S.